The first-order valence-corrected chi connectivity index (χ1v) is 8.39. The Morgan fingerprint density at radius 2 is 1.90 bits per heavy atom. The monoisotopic (exact) mass is 294 g/mol. The SMILES string of the molecule is CCCC1NC(=O)C(C2CC2)N(CC2CCOCC2)C1=O. The van der Waals surface area contributed by atoms with Crippen molar-refractivity contribution in [1.29, 1.82) is 0 Å². The summed E-state index contributed by atoms with van der Waals surface area (Å²) in [6.45, 7) is 4.35. The van der Waals surface area contributed by atoms with E-state index in [1.807, 2.05) is 4.90 Å². The van der Waals surface area contributed by atoms with Gasteiger partial charge in [0.15, 0.2) is 0 Å². The van der Waals surface area contributed by atoms with Gasteiger partial charge in [-0.1, -0.05) is 13.3 Å². The van der Waals surface area contributed by atoms with Crippen LogP contribution >= 0.6 is 0 Å². The summed E-state index contributed by atoms with van der Waals surface area (Å²) in [5.74, 6) is 1.08. The van der Waals surface area contributed by atoms with E-state index in [-0.39, 0.29) is 23.9 Å². The molecule has 3 rings (SSSR count). The molecule has 1 N–H and O–H groups in total. The second kappa shape index (κ2) is 6.34. The van der Waals surface area contributed by atoms with E-state index in [9.17, 15) is 9.59 Å². The number of piperazine rings is 1. The molecule has 3 aliphatic rings. The summed E-state index contributed by atoms with van der Waals surface area (Å²) in [6, 6.07) is -0.522. The third-order valence-electron chi connectivity index (χ3n) is 4.94. The molecule has 0 aromatic rings. The predicted octanol–water partition coefficient (Wildman–Crippen LogP) is 1.32. The largest absolute Gasteiger partial charge is 0.381 e. The molecule has 21 heavy (non-hydrogen) atoms. The summed E-state index contributed by atoms with van der Waals surface area (Å²) in [4.78, 5) is 27.1. The molecule has 2 heterocycles. The molecule has 2 amide bonds. The summed E-state index contributed by atoms with van der Waals surface area (Å²) in [6.07, 6.45) is 5.81. The number of amides is 2. The van der Waals surface area contributed by atoms with Gasteiger partial charge < -0.3 is 15.0 Å². The average Bonchev–Trinajstić information content (AvgIpc) is 3.30. The van der Waals surface area contributed by atoms with Crippen molar-refractivity contribution in [3.63, 3.8) is 0 Å². The molecule has 1 aliphatic carbocycles. The van der Waals surface area contributed by atoms with Crippen molar-refractivity contribution < 1.29 is 14.3 Å². The van der Waals surface area contributed by atoms with Crippen LogP contribution in [0.2, 0.25) is 0 Å². The van der Waals surface area contributed by atoms with Crippen molar-refractivity contribution >= 4 is 11.8 Å². The van der Waals surface area contributed by atoms with E-state index in [0.717, 1.165) is 58.3 Å². The molecule has 0 aromatic heterocycles. The zero-order chi connectivity index (χ0) is 14.8. The van der Waals surface area contributed by atoms with Gasteiger partial charge in [-0.3, -0.25) is 9.59 Å². The minimum Gasteiger partial charge on any atom is -0.381 e. The summed E-state index contributed by atoms with van der Waals surface area (Å²) in [7, 11) is 0. The van der Waals surface area contributed by atoms with Gasteiger partial charge in [0.05, 0.1) is 0 Å². The zero-order valence-corrected chi connectivity index (χ0v) is 12.8. The van der Waals surface area contributed by atoms with E-state index >= 15 is 0 Å². The number of carbonyl (C=O) groups excluding carboxylic acids is 2. The van der Waals surface area contributed by atoms with E-state index in [0.29, 0.717) is 11.8 Å². The molecule has 2 atom stereocenters. The van der Waals surface area contributed by atoms with Crippen LogP contribution in [0.15, 0.2) is 0 Å². The topological polar surface area (TPSA) is 58.6 Å². The van der Waals surface area contributed by atoms with Gasteiger partial charge in [-0.15, -0.1) is 0 Å². The highest BCUT2D eigenvalue weighted by Crippen LogP contribution is 2.38. The molecule has 2 aliphatic heterocycles. The fraction of sp³-hybridized carbons (Fsp3) is 0.875. The first-order valence-electron chi connectivity index (χ1n) is 8.39. The van der Waals surface area contributed by atoms with Crippen LogP contribution in [0.4, 0.5) is 0 Å². The Balaban J connectivity index is 1.73. The molecule has 118 valence electrons. The first-order chi connectivity index (χ1) is 10.2. The number of rotatable bonds is 5. The van der Waals surface area contributed by atoms with Crippen LogP contribution in [0.25, 0.3) is 0 Å². The van der Waals surface area contributed by atoms with Crippen molar-refractivity contribution in [3.05, 3.63) is 0 Å². The third-order valence-corrected chi connectivity index (χ3v) is 4.94. The van der Waals surface area contributed by atoms with Gasteiger partial charge in [-0.25, -0.2) is 0 Å². The Morgan fingerprint density at radius 1 is 1.19 bits per heavy atom. The lowest BCUT2D eigenvalue weighted by Gasteiger charge is -2.41. The summed E-state index contributed by atoms with van der Waals surface area (Å²) < 4.78 is 5.40. The number of carbonyl (C=O) groups is 2. The van der Waals surface area contributed by atoms with E-state index in [1.165, 1.54) is 0 Å². The van der Waals surface area contributed by atoms with Gasteiger partial charge in [-0.2, -0.15) is 0 Å². The van der Waals surface area contributed by atoms with Gasteiger partial charge in [-0.05, 0) is 43.9 Å². The van der Waals surface area contributed by atoms with Gasteiger partial charge in [0.1, 0.15) is 12.1 Å². The lowest BCUT2D eigenvalue weighted by atomic mass is 9.95. The number of hydrogen-bond acceptors (Lipinski definition) is 3. The molecule has 0 aromatic carbocycles. The summed E-state index contributed by atoms with van der Waals surface area (Å²) >= 11 is 0. The minimum absolute atomic E-state index is 0.0719. The molecule has 0 radical (unpaired) electrons. The van der Waals surface area contributed by atoms with Crippen LogP contribution in [-0.2, 0) is 14.3 Å². The molecule has 5 heteroatoms. The number of ether oxygens (including phenoxy) is 1. The van der Waals surface area contributed by atoms with E-state index in [4.69, 9.17) is 4.74 Å². The van der Waals surface area contributed by atoms with Crippen molar-refractivity contribution in [2.24, 2.45) is 11.8 Å². The Kier molecular flexibility index (Phi) is 4.48. The van der Waals surface area contributed by atoms with E-state index in [2.05, 4.69) is 12.2 Å². The standard InChI is InChI=1S/C16H26N2O3/c1-2-3-13-16(20)18(10-11-6-8-21-9-7-11)14(12-4-5-12)15(19)17-13/h11-14H,2-10H2,1H3,(H,17,19). The fourth-order valence-electron chi connectivity index (χ4n) is 3.57. The quantitative estimate of drug-likeness (QED) is 0.832. The molecule has 0 spiro atoms. The highest BCUT2D eigenvalue weighted by Gasteiger charge is 2.47. The molecule has 1 saturated carbocycles. The Morgan fingerprint density at radius 3 is 2.52 bits per heavy atom. The number of hydrogen-bond donors (Lipinski definition) is 1. The van der Waals surface area contributed by atoms with Gasteiger partial charge in [0, 0.05) is 19.8 Å². The second-order valence-corrected chi connectivity index (χ2v) is 6.68. The Bertz CT molecular complexity index is 402. The number of nitrogens with one attached hydrogen (secondary N) is 1. The second-order valence-electron chi connectivity index (χ2n) is 6.68. The summed E-state index contributed by atoms with van der Waals surface area (Å²) in [5, 5.41) is 2.95. The Labute approximate surface area is 126 Å². The predicted molar refractivity (Wildman–Crippen MR) is 78.6 cm³/mol. The van der Waals surface area contributed by atoms with Crippen molar-refractivity contribution in [2.45, 2.75) is 57.5 Å². The molecule has 2 saturated heterocycles. The van der Waals surface area contributed by atoms with Crippen molar-refractivity contribution in [1.82, 2.24) is 10.2 Å². The highest BCUT2D eigenvalue weighted by atomic mass is 16.5. The molecule has 0 bridgehead atoms. The van der Waals surface area contributed by atoms with Crippen LogP contribution in [0.1, 0.15) is 45.4 Å². The molecular formula is C16H26N2O3. The normalized spacial score (nSPS) is 31.4. The molecule has 5 nitrogen and oxygen atoms in total. The zero-order valence-electron chi connectivity index (χ0n) is 12.8. The van der Waals surface area contributed by atoms with Crippen LogP contribution in [0, 0.1) is 11.8 Å². The number of nitrogens with zero attached hydrogens (tertiary/aromatic N) is 1. The van der Waals surface area contributed by atoms with E-state index < -0.39 is 0 Å². The lowest BCUT2D eigenvalue weighted by Crippen LogP contribution is -2.64. The van der Waals surface area contributed by atoms with Crippen molar-refractivity contribution in [3.8, 4) is 0 Å². The lowest BCUT2D eigenvalue weighted by molar-refractivity contribution is -0.151. The fourth-order valence-corrected chi connectivity index (χ4v) is 3.57. The van der Waals surface area contributed by atoms with Crippen LogP contribution < -0.4 is 5.32 Å². The average molecular weight is 294 g/mol. The molecule has 2 unspecified atom stereocenters. The maximum atomic E-state index is 12.8. The van der Waals surface area contributed by atoms with Crippen molar-refractivity contribution in [2.75, 3.05) is 19.8 Å². The van der Waals surface area contributed by atoms with Gasteiger partial charge in [0.2, 0.25) is 11.8 Å². The Hall–Kier alpha value is -1.10. The molecular weight excluding hydrogens is 268 g/mol. The third kappa shape index (κ3) is 3.23. The smallest absolute Gasteiger partial charge is 0.245 e. The maximum absolute atomic E-state index is 12.8. The summed E-state index contributed by atoms with van der Waals surface area (Å²) in [5.41, 5.74) is 0. The minimum atomic E-state index is -0.308. The first kappa shape index (κ1) is 14.8. The molecule has 3 fully saturated rings. The van der Waals surface area contributed by atoms with E-state index in [1.54, 1.807) is 0 Å². The highest BCUT2D eigenvalue weighted by molar-refractivity contribution is 5.97. The van der Waals surface area contributed by atoms with Gasteiger partial charge >= 0.3 is 0 Å². The van der Waals surface area contributed by atoms with Gasteiger partial charge in [0.25, 0.3) is 0 Å². The van der Waals surface area contributed by atoms with Crippen LogP contribution in [-0.4, -0.2) is 48.6 Å². The van der Waals surface area contributed by atoms with Crippen LogP contribution in [0.5, 0.6) is 0 Å². The maximum Gasteiger partial charge on any atom is 0.245 e. The van der Waals surface area contributed by atoms with Crippen LogP contribution in [0.3, 0.4) is 0 Å².